The van der Waals surface area contributed by atoms with Gasteiger partial charge in [-0.05, 0) is 13.3 Å². The lowest BCUT2D eigenvalue weighted by atomic mass is 10.1. The number of carbonyl (C=O) groups is 5. The Morgan fingerprint density at radius 2 is 1.71 bits per heavy atom. The Morgan fingerprint density at radius 1 is 1.10 bits per heavy atom. The maximum absolute atomic E-state index is 12.8. The molecular weight excluding hydrogens is 432 g/mol. The van der Waals surface area contributed by atoms with Crippen LogP contribution in [0.1, 0.15) is 25.5 Å². The van der Waals surface area contributed by atoms with Gasteiger partial charge in [-0.15, -0.1) is 0 Å². The van der Waals surface area contributed by atoms with E-state index in [1.807, 2.05) is 0 Å². The van der Waals surface area contributed by atoms with Crippen LogP contribution in [0.25, 0.3) is 0 Å². The summed E-state index contributed by atoms with van der Waals surface area (Å²) in [4.78, 5) is 65.5. The molecule has 0 aliphatic heterocycles. The van der Waals surface area contributed by atoms with Gasteiger partial charge in [0.2, 0.25) is 17.7 Å². The number of aromatic amines is 1. The first-order chi connectivity index (χ1) is 14.5. The predicted octanol–water partition coefficient (Wildman–Crippen LogP) is -2.37. The first-order valence-corrected chi connectivity index (χ1v) is 9.87. The molecular formula is C17H26N6O7S. The number of aliphatic carboxylic acids is 2. The number of imidazole rings is 1. The van der Waals surface area contributed by atoms with Crippen molar-refractivity contribution in [2.45, 2.75) is 50.4 Å². The van der Waals surface area contributed by atoms with Crippen LogP contribution in [0.3, 0.4) is 0 Å². The van der Waals surface area contributed by atoms with Crippen molar-refractivity contribution in [2.24, 2.45) is 5.73 Å². The SMILES string of the molecule is CC(NC(=O)C(CS)NC(=O)C(Cc1cnc[nH]1)NC(=O)C(N)CCC(=O)O)C(=O)O. The number of hydrogen-bond donors (Lipinski definition) is 8. The number of carbonyl (C=O) groups excluding carboxylic acids is 3. The van der Waals surface area contributed by atoms with Crippen molar-refractivity contribution in [3.05, 3.63) is 18.2 Å². The molecule has 4 atom stereocenters. The Morgan fingerprint density at radius 3 is 2.23 bits per heavy atom. The molecule has 0 saturated carbocycles. The highest BCUT2D eigenvalue weighted by Crippen LogP contribution is 2.03. The molecule has 0 spiro atoms. The molecule has 3 amide bonds. The third-order valence-electron chi connectivity index (χ3n) is 4.16. The van der Waals surface area contributed by atoms with E-state index < -0.39 is 53.8 Å². The lowest BCUT2D eigenvalue weighted by Gasteiger charge is -2.23. The molecule has 0 saturated heterocycles. The van der Waals surface area contributed by atoms with Crippen LogP contribution in [-0.2, 0) is 30.4 Å². The van der Waals surface area contributed by atoms with Gasteiger partial charge in [0.15, 0.2) is 0 Å². The number of hydrogen-bond acceptors (Lipinski definition) is 8. The summed E-state index contributed by atoms with van der Waals surface area (Å²) in [6, 6.07) is -4.68. The van der Waals surface area contributed by atoms with Gasteiger partial charge in [-0.1, -0.05) is 0 Å². The standard InChI is InChI=1S/C17H26N6O7S/c1-8(17(29)30)21-16(28)12(6-31)23-15(27)11(4-9-5-19-7-20-9)22-14(26)10(18)2-3-13(24)25/h5,7-8,10-12,31H,2-4,6,18H2,1H3,(H,19,20)(H,21,28)(H,22,26)(H,23,27)(H,24,25)(H,29,30). The Bertz CT molecular complexity index is 788. The maximum atomic E-state index is 12.8. The van der Waals surface area contributed by atoms with Gasteiger partial charge in [-0.3, -0.25) is 24.0 Å². The fourth-order valence-corrected chi connectivity index (χ4v) is 2.61. The smallest absolute Gasteiger partial charge is 0.325 e. The second kappa shape index (κ2) is 12.5. The predicted molar refractivity (Wildman–Crippen MR) is 110 cm³/mol. The van der Waals surface area contributed by atoms with E-state index in [0.717, 1.165) is 0 Å². The summed E-state index contributed by atoms with van der Waals surface area (Å²) in [7, 11) is 0. The first kappa shape index (κ1) is 25.9. The van der Waals surface area contributed by atoms with Crippen molar-refractivity contribution in [3.63, 3.8) is 0 Å². The second-order valence-corrected chi connectivity index (χ2v) is 7.06. The van der Waals surface area contributed by atoms with Gasteiger partial charge in [0, 0.05) is 30.5 Å². The van der Waals surface area contributed by atoms with Crippen LogP contribution in [0.4, 0.5) is 0 Å². The Labute approximate surface area is 183 Å². The summed E-state index contributed by atoms with van der Waals surface area (Å²) in [6.45, 7) is 1.26. The molecule has 4 unspecified atom stereocenters. The molecule has 0 fully saturated rings. The zero-order valence-corrected chi connectivity index (χ0v) is 17.6. The van der Waals surface area contributed by atoms with E-state index in [1.54, 1.807) is 0 Å². The number of carboxylic acid groups (broad SMARTS) is 2. The Kier molecular flexibility index (Phi) is 10.5. The Balaban J connectivity index is 2.87. The molecule has 0 bridgehead atoms. The first-order valence-electron chi connectivity index (χ1n) is 9.24. The van der Waals surface area contributed by atoms with E-state index in [9.17, 15) is 24.0 Å². The van der Waals surface area contributed by atoms with E-state index in [0.29, 0.717) is 5.69 Å². The van der Waals surface area contributed by atoms with Crippen LogP contribution < -0.4 is 21.7 Å². The molecule has 0 radical (unpaired) electrons. The minimum atomic E-state index is -1.25. The highest BCUT2D eigenvalue weighted by atomic mass is 32.1. The molecule has 13 nitrogen and oxygen atoms in total. The number of rotatable bonds is 13. The van der Waals surface area contributed by atoms with Crippen LogP contribution in [0.2, 0.25) is 0 Å². The van der Waals surface area contributed by atoms with Crippen molar-refractivity contribution in [1.82, 2.24) is 25.9 Å². The van der Waals surface area contributed by atoms with Gasteiger partial charge in [0.25, 0.3) is 0 Å². The average molecular weight is 458 g/mol. The molecule has 14 heteroatoms. The molecule has 1 heterocycles. The summed E-state index contributed by atoms with van der Waals surface area (Å²) < 4.78 is 0. The molecule has 0 aliphatic carbocycles. The summed E-state index contributed by atoms with van der Waals surface area (Å²) in [5.41, 5.74) is 6.19. The number of amides is 3. The van der Waals surface area contributed by atoms with E-state index >= 15 is 0 Å². The van der Waals surface area contributed by atoms with Gasteiger partial charge in [0.05, 0.1) is 12.4 Å². The zero-order chi connectivity index (χ0) is 23.6. The molecule has 1 aromatic rings. The molecule has 31 heavy (non-hydrogen) atoms. The van der Waals surface area contributed by atoms with Crippen molar-refractivity contribution < 1.29 is 34.2 Å². The van der Waals surface area contributed by atoms with Crippen molar-refractivity contribution >= 4 is 42.3 Å². The quantitative estimate of drug-likeness (QED) is 0.148. The summed E-state index contributed by atoms with van der Waals surface area (Å²) in [5, 5.41) is 24.7. The summed E-state index contributed by atoms with van der Waals surface area (Å²) in [5.74, 6) is -4.75. The van der Waals surface area contributed by atoms with E-state index in [2.05, 4.69) is 38.5 Å². The van der Waals surface area contributed by atoms with Crippen LogP contribution in [0.15, 0.2) is 12.5 Å². The third kappa shape index (κ3) is 9.04. The number of carboxylic acids is 2. The minimum absolute atomic E-state index is 0.0182. The maximum Gasteiger partial charge on any atom is 0.325 e. The number of aromatic nitrogens is 2. The Hall–Kier alpha value is -3.13. The van der Waals surface area contributed by atoms with E-state index in [1.165, 1.54) is 19.4 Å². The molecule has 1 rings (SSSR count). The normalized spacial score (nSPS) is 14.5. The molecule has 0 aromatic carbocycles. The number of nitrogens with one attached hydrogen (secondary N) is 4. The van der Waals surface area contributed by atoms with Gasteiger partial charge in [-0.2, -0.15) is 12.6 Å². The van der Waals surface area contributed by atoms with Gasteiger partial charge < -0.3 is 36.9 Å². The van der Waals surface area contributed by atoms with Crippen molar-refractivity contribution in [2.75, 3.05) is 5.75 Å². The van der Waals surface area contributed by atoms with Gasteiger partial charge in [-0.25, -0.2) is 4.98 Å². The van der Waals surface area contributed by atoms with Crippen molar-refractivity contribution in [1.29, 1.82) is 0 Å². The highest BCUT2D eigenvalue weighted by molar-refractivity contribution is 7.80. The van der Waals surface area contributed by atoms with Crippen molar-refractivity contribution in [3.8, 4) is 0 Å². The monoisotopic (exact) mass is 458 g/mol. The largest absolute Gasteiger partial charge is 0.481 e. The summed E-state index contributed by atoms with van der Waals surface area (Å²) in [6.07, 6.45) is 2.34. The van der Waals surface area contributed by atoms with Crippen LogP contribution in [0.5, 0.6) is 0 Å². The summed E-state index contributed by atoms with van der Waals surface area (Å²) >= 11 is 4.01. The fourth-order valence-electron chi connectivity index (χ4n) is 2.36. The number of nitrogens with two attached hydrogens (primary N) is 1. The topological polar surface area (TPSA) is 217 Å². The van der Waals surface area contributed by atoms with Crippen LogP contribution in [-0.4, -0.2) is 79.8 Å². The highest BCUT2D eigenvalue weighted by Gasteiger charge is 2.29. The second-order valence-electron chi connectivity index (χ2n) is 6.69. The molecule has 172 valence electrons. The van der Waals surface area contributed by atoms with E-state index in [-0.39, 0.29) is 25.0 Å². The molecule has 1 aromatic heterocycles. The van der Waals surface area contributed by atoms with Crippen LogP contribution in [0, 0.1) is 0 Å². The fraction of sp³-hybridized carbons (Fsp3) is 0.529. The van der Waals surface area contributed by atoms with Crippen LogP contribution >= 0.6 is 12.6 Å². The van der Waals surface area contributed by atoms with Gasteiger partial charge >= 0.3 is 11.9 Å². The molecule has 0 aliphatic rings. The van der Waals surface area contributed by atoms with E-state index in [4.69, 9.17) is 15.9 Å². The minimum Gasteiger partial charge on any atom is -0.481 e. The zero-order valence-electron chi connectivity index (χ0n) is 16.7. The lowest BCUT2D eigenvalue weighted by Crippen LogP contribution is -2.58. The third-order valence-corrected chi connectivity index (χ3v) is 4.53. The number of thiol groups is 1. The lowest BCUT2D eigenvalue weighted by molar-refractivity contribution is -0.141. The van der Waals surface area contributed by atoms with Gasteiger partial charge in [0.1, 0.15) is 18.1 Å². The molecule has 8 N–H and O–H groups in total. The number of nitrogens with zero attached hydrogens (tertiary/aromatic N) is 1. The number of H-pyrrole nitrogens is 1. The average Bonchev–Trinajstić information content (AvgIpc) is 3.22.